The molecule has 2 aliphatic rings. The monoisotopic (exact) mass is 383 g/mol. The molecule has 0 radical (unpaired) electrons. The summed E-state index contributed by atoms with van der Waals surface area (Å²) in [4.78, 5) is 31.0. The van der Waals surface area contributed by atoms with Crippen molar-refractivity contribution in [3.05, 3.63) is 36.2 Å². The predicted octanol–water partition coefficient (Wildman–Crippen LogP) is 2.29. The number of urea groups is 1. The predicted molar refractivity (Wildman–Crippen MR) is 102 cm³/mol. The summed E-state index contributed by atoms with van der Waals surface area (Å²) in [5.74, 6) is 0.844. The molecule has 2 fully saturated rings. The summed E-state index contributed by atoms with van der Waals surface area (Å²) in [6.07, 6.45) is 3.64. The third-order valence-corrected chi connectivity index (χ3v) is 5.19. The zero-order valence-corrected chi connectivity index (χ0v) is 15.9. The third kappa shape index (κ3) is 4.16. The Morgan fingerprint density at radius 2 is 2.04 bits per heavy atom. The molecule has 2 aromatic rings. The first-order valence-electron chi connectivity index (χ1n) is 9.85. The number of amides is 3. The smallest absolute Gasteiger partial charge is 0.318 e. The lowest BCUT2D eigenvalue weighted by atomic mass is 10.2. The lowest BCUT2D eigenvalue weighted by molar-refractivity contribution is -0.124. The Labute approximate surface area is 163 Å². The van der Waals surface area contributed by atoms with Crippen molar-refractivity contribution in [2.45, 2.75) is 50.6 Å². The molecule has 0 bridgehead atoms. The van der Waals surface area contributed by atoms with Crippen molar-refractivity contribution in [2.75, 3.05) is 13.1 Å². The summed E-state index contributed by atoms with van der Waals surface area (Å²) in [5.41, 5.74) is 0.885. The maximum Gasteiger partial charge on any atom is 0.318 e. The van der Waals surface area contributed by atoms with Gasteiger partial charge in [0.25, 0.3) is 0 Å². The van der Waals surface area contributed by atoms with Crippen LogP contribution in [-0.2, 0) is 4.79 Å². The lowest BCUT2D eigenvalue weighted by Crippen LogP contribution is -2.50. The van der Waals surface area contributed by atoms with E-state index in [0.717, 1.165) is 24.8 Å². The van der Waals surface area contributed by atoms with Crippen molar-refractivity contribution in [3.63, 3.8) is 0 Å². The van der Waals surface area contributed by atoms with E-state index < -0.39 is 0 Å². The van der Waals surface area contributed by atoms with Crippen LogP contribution in [0.3, 0.4) is 0 Å². The molecule has 1 aliphatic heterocycles. The fourth-order valence-electron chi connectivity index (χ4n) is 3.38. The van der Waals surface area contributed by atoms with Crippen LogP contribution in [0.5, 0.6) is 0 Å². The van der Waals surface area contributed by atoms with Crippen LogP contribution in [0.15, 0.2) is 34.9 Å². The Morgan fingerprint density at radius 3 is 2.79 bits per heavy atom. The Hall–Kier alpha value is -2.90. The number of benzene rings is 1. The van der Waals surface area contributed by atoms with Crippen molar-refractivity contribution in [3.8, 4) is 11.4 Å². The highest BCUT2D eigenvalue weighted by molar-refractivity contribution is 5.88. The Bertz CT molecular complexity index is 833. The van der Waals surface area contributed by atoms with E-state index in [-0.39, 0.29) is 23.9 Å². The molecule has 148 valence electrons. The van der Waals surface area contributed by atoms with Gasteiger partial charge in [0.1, 0.15) is 6.04 Å². The van der Waals surface area contributed by atoms with Crippen LogP contribution in [0.25, 0.3) is 11.4 Å². The molecule has 28 heavy (non-hydrogen) atoms. The zero-order chi connectivity index (χ0) is 19.5. The molecule has 1 aromatic heterocycles. The largest absolute Gasteiger partial charge is 0.352 e. The van der Waals surface area contributed by atoms with Crippen LogP contribution in [0.4, 0.5) is 4.79 Å². The molecular weight excluding hydrogens is 358 g/mol. The number of rotatable bonds is 6. The van der Waals surface area contributed by atoms with Gasteiger partial charge in [-0.25, -0.2) is 4.79 Å². The molecule has 8 nitrogen and oxygen atoms in total. The third-order valence-electron chi connectivity index (χ3n) is 5.19. The van der Waals surface area contributed by atoms with E-state index in [2.05, 4.69) is 20.8 Å². The standard InChI is InChI=1S/C20H25N5O3/c1-13(19-23-17(24-28-19)14-6-3-2-4-7-14)12-21-20(27)25-11-5-8-16(25)18(26)22-15-9-10-15/h2-4,6-7,13,15-16H,5,8-12H2,1H3,(H,21,27)(H,22,26). The summed E-state index contributed by atoms with van der Waals surface area (Å²) < 4.78 is 5.36. The second kappa shape index (κ2) is 8.00. The molecule has 3 amide bonds. The molecule has 2 N–H and O–H groups in total. The van der Waals surface area contributed by atoms with Gasteiger partial charge in [0.15, 0.2) is 0 Å². The second-order valence-corrected chi connectivity index (χ2v) is 7.54. The van der Waals surface area contributed by atoms with Crippen molar-refractivity contribution in [1.82, 2.24) is 25.7 Å². The Kier molecular flexibility index (Phi) is 5.27. The molecule has 1 saturated heterocycles. The maximum atomic E-state index is 12.6. The SMILES string of the molecule is CC(CNC(=O)N1CCCC1C(=O)NC1CC1)c1nc(-c2ccccc2)no1. The molecule has 1 saturated carbocycles. The molecule has 1 aliphatic carbocycles. The number of hydrogen-bond acceptors (Lipinski definition) is 5. The number of nitrogens with one attached hydrogen (secondary N) is 2. The number of carbonyl (C=O) groups excluding carboxylic acids is 2. The quantitative estimate of drug-likeness (QED) is 0.797. The van der Waals surface area contributed by atoms with E-state index in [1.54, 1.807) is 4.90 Å². The van der Waals surface area contributed by atoms with Crippen molar-refractivity contribution < 1.29 is 14.1 Å². The first kappa shape index (κ1) is 18.5. The van der Waals surface area contributed by atoms with Gasteiger partial charge >= 0.3 is 6.03 Å². The minimum Gasteiger partial charge on any atom is -0.352 e. The van der Waals surface area contributed by atoms with Gasteiger partial charge in [-0.2, -0.15) is 4.98 Å². The van der Waals surface area contributed by atoms with E-state index in [9.17, 15) is 9.59 Å². The normalized spacial score (nSPS) is 20.0. The van der Waals surface area contributed by atoms with Crippen LogP contribution < -0.4 is 10.6 Å². The molecule has 0 spiro atoms. The number of carbonyl (C=O) groups is 2. The first-order chi connectivity index (χ1) is 13.6. The first-order valence-corrected chi connectivity index (χ1v) is 9.85. The zero-order valence-electron chi connectivity index (χ0n) is 15.9. The van der Waals surface area contributed by atoms with Crippen molar-refractivity contribution in [1.29, 1.82) is 0 Å². The highest BCUT2D eigenvalue weighted by Crippen LogP contribution is 2.23. The van der Waals surface area contributed by atoms with Gasteiger partial charge in [-0.3, -0.25) is 4.79 Å². The van der Waals surface area contributed by atoms with E-state index in [0.29, 0.717) is 37.3 Å². The summed E-state index contributed by atoms with van der Waals surface area (Å²) in [7, 11) is 0. The molecule has 2 atom stereocenters. The molecule has 8 heteroatoms. The maximum absolute atomic E-state index is 12.6. The van der Waals surface area contributed by atoms with Gasteiger partial charge in [-0.15, -0.1) is 0 Å². The number of nitrogens with zero attached hydrogens (tertiary/aromatic N) is 3. The van der Waals surface area contributed by atoms with Gasteiger partial charge in [-0.05, 0) is 25.7 Å². The fourth-order valence-corrected chi connectivity index (χ4v) is 3.38. The average Bonchev–Trinajstić information content (AvgIpc) is 3.21. The van der Waals surface area contributed by atoms with Crippen LogP contribution in [0, 0.1) is 0 Å². The topological polar surface area (TPSA) is 100 Å². The highest BCUT2D eigenvalue weighted by Gasteiger charge is 2.36. The van der Waals surface area contributed by atoms with Crippen LogP contribution in [0.1, 0.15) is 44.4 Å². The van der Waals surface area contributed by atoms with E-state index in [1.807, 2.05) is 37.3 Å². The molecule has 1 aromatic carbocycles. The lowest BCUT2D eigenvalue weighted by Gasteiger charge is -2.24. The minimum atomic E-state index is -0.371. The average molecular weight is 383 g/mol. The van der Waals surface area contributed by atoms with Gasteiger partial charge in [-0.1, -0.05) is 42.4 Å². The van der Waals surface area contributed by atoms with Crippen LogP contribution >= 0.6 is 0 Å². The molecular formula is C20H25N5O3. The van der Waals surface area contributed by atoms with Crippen LogP contribution in [-0.4, -0.2) is 52.2 Å². The minimum absolute atomic E-state index is 0.0346. The fraction of sp³-hybridized carbons (Fsp3) is 0.500. The van der Waals surface area contributed by atoms with Crippen LogP contribution in [0.2, 0.25) is 0 Å². The van der Waals surface area contributed by atoms with E-state index in [1.165, 1.54) is 0 Å². The van der Waals surface area contributed by atoms with Gasteiger partial charge in [0, 0.05) is 24.7 Å². The number of likely N-dealkylation sites (tertiary alicyclic amines) is 1. The summed E-state index contributed by atoms with van der Waals surface area (Å²) in [6, 6.07) is 9.31. The van der Waals surface area contributed by atoms with Crippen molar-refractivity contribution >= 4 is 11.9 Å². The molecule has 4 rings (SSSR count). The van der Waals surface area contributed by atoms with E-state index >= 15 is 0 Å². The summed E-state index contributed by atoms with van der Waals surface area (Å²) in [5, 5.41) is 9.92. The molecule has 2 heterocycles. The van der Waals surface area contributed by atoms with Gasteiger partial charge in [0.05, 0.1) is 5.92 Å². The second-order valence-electron chi connectivity index (χ2n) is 7.54. The number of hydrogen-bond donors (Lipinski definition) is 2. The molecule has 2 unspecified atom stereocenters. The summed E-state index contributed by atoms with van der Waals surface area (Å²) >= 11 is 0. The Morgan fingerprint density at radius 1 is 1.25 bits per heavy atom. The van der Waals surface area contributed by atoms with Gasteiger partial charge in [0.2, 0.25) is 17.6 Å². The van der Waals surface area contributed by atoms with E-state index in [4.69, 9.17) is 4.52 Å². The van der Waals surface area contributed by atoms with Gasteiger partial charge < -0.3 is 20.1 Å². The number of aromatic nitrogens is 2. The highest BCUT2D eigenvalue weighted by atomic mass is 16.5. The Balaban J connectivity index is 1.31. The van der Waals surface area contributed by atoms with Crippen molar-refractivity contribution in [2.24, 2.45) is 0 Å². The summed E-state index contributed by atoms with van der Waals surface area (Å²) in [6.45, 7) is 2.88.